The molecule has 120 valence electrons. The first-order chi connectivity index (χ1) is 10.6. The summed E-state index contributed by atoms with van der Waals surface area (Å²) in [6.45, 7) is 3.33. The highest BCUT2D eigenvalue weighted by Crippen LogP contribution is 2.30. The van der Waals surface area contributed by atoms with Gasteiger partial charge in [-0.3, -0.25) is 19.7 Å². The molecule has 0 bridgehead atoms. The van der Waals surface area contributed by atoms with Crippen molar-refractivity contribution in [2.75, 3.05) is 13.6 Å². The van der Waals surface area contributed by atoms with Gasteiger partial charge in [-0.2, -0.15) is 0 Å². The summed E-state index contributed by atoms with van der Waals surface area (Å²) < 4.78 is 0. The molecule has 1 atom stereocenters. The number of carbonyl (C=O) groups is 1. The number of aromatic nitrogens is 2. The van der Waals surface area contributed by atoms with Gasteiger partial charge in [0.05, 0.1) is 23.6 Å². The van der Waals surface area contributed by atoms with Crippen LogP contribution in [0, 0.1) is 0 Å². The van der Waals surface area contributed by atoms with Gasteiger partial charge in [-0.05, 0) is 32.7 Å². The van der Waals surface area contributed by atoms with Crippen molar-refractivity contribution in [1.82, 2.24) is 19.8 Å². The van der Waals surface area contributed by atoms with Crippen LogP contribution in [-0.4, -0.2) is 45.3 Å². The van der Waals surface area contributed by atoms with Crippen LogP contribution in [0.25, 0.3) is 0 Å². The minimum Gasteiger partial charge on any atom is -0.334 e. The van der Waals surface area contributed by atoms with Crippen LogP contribution in [0.5, 0.6) is 0 Å². The molecule has 2 heterocycles. The molecule has 0 N–H and O–H groups in total. The van der Waals surface area contributed by atoms with Gasteiger partial charge in [-0.25, -0.2) is 0 Å². The predicted octanol–water partition coefficient (Wildman–Crippen LogP) is 2.53. The number of carbonyl (C=O) groups excluding carboxylic acids is 1. The fraction of sp³-hybridized carbons (Fsp3) is 0.706. The molecule has 1 aromatic heterocycles. The fourth-order valence-corrected chi connectivity index (χ4v) is 3.84. The predicted molar refractivity (Wildman–Crippen MR) is 85.1 cm³/mol. The third kappa shape index (κ3) is 3.29. The second-order valence-electron chi connectivity index (χ2n) is 6.66. The monoisotopic (exact) mass is 302 g/mol. The zero-order valence-electron chi connectivity index (χ0n) is 13.7. The molecule has 3 rings (SSSR count). The first kappa shape index (κ1) is 15.4. The van der Waals surface area contributed by atoms with Crippen molar-refractivity contribution >= 4 is 5.91 Å². The van der Waals surface area contributed by atoms with Crippen molar-refractivity contribution in [2.24, 2.45) is 0 Å². The number of nitrogens with zero attached hydrogens (tertiary/aromatic N) is 4. The standard InChI is InChI=1S/C17H26N4O/c1-13(22)21-9-5-8-17(21)16-11-18-10-14(19-16)12-20(2)15-6-3-4-7-15/h10-11,15,17H,3-9,12H2,1-2H3/t17-/m0/s1. The van der Waals surface area contributed by atoms with Crippen molar-refractivity contribution < 1.29 is 4.79 Å². The van der Waals surface area contributed by atoms with Crippen molar-refractivity contribution in [1.29, 1.82) is 0 Å². The van der Waals surface area contributed by atoms with Crippen molar-refractivity contribution in [3.05, 3.63) is 23.8 Å². The van der Waals surface area contributed by atoms with E-state index in [9.17, 15) is 4.79 Å². The minimum absolute atomic E-state index is 0.113. The Hall–Kier alpha value is -1.49. The fourth-order valence-electron chi connectivity index (χ4n) is 3.84. The summed E-state index contributed by atoms with van der Waals surface area (Å²) in [5, 5.41) is 0. The first-order valence-corrected chi connectivity index (χ1v) is 8.43. The molecule has 1 aliphatic carbocycles. The first-order valence-electron chi connectivity index (χ1n) is 8.43. The summed E-state index contributed by atoms with van der Waals surface area (Å²) in [5.74, 6) is 0.137. The lowest BCUT2D eigenvalue weighted by Gasteiger charge is -2.25. The van der Waals surface area contributed by atoms with Crippen LogP contribution in [0.1, 0.15) is 62.9 Å². The highest BCUT2D eigenvalue weighted by Gasteiger charge is 2.29. The largest absolute Gasteiger partial charge is 0.334 e. The summed E-state index contributed by atoms with van der Waals surface area (Å²) in [5.41, 5.74) is 1.97. The Balaban J connectivity index is 1.70. The lowest BCUT2D eigenvalue weighted by molar-refractivity contribution is -0.129. The second kappa shape index (κ2) is 6.73. The lowest BCUT2D eigenvalue weighted by Crippen LogP contribution is -2.30. The third-order valence-electron chi connectivity index (χ3n) is 5.06. The summed E-state index contributed by atoms with van der Waals surface area (Å²) in [6, 6.07) is 0.799. The highest BCUT2D eigenvalue weighted by atomic mass is 16.2. The van der Waals surface area contributed by atoms with Gasteiger partial charge in [0.15, 0.2) is 0 Å². The molecule has 22 heavy (non-hydrogen) atoms. The number of hydrogen-bond donors (Lipinski definition) is 0. The van der Waals surface area contributed by atoms with E-state index in [-0.39, 0.29) is 11.9 Å². The topological polar surface area (TPSA) is 49.3 Å². The quantitative estimate of drug-likeness (QED) is 0.857. The molecule has 1 aliphatic heterocycles. The van der Waals surface area contributed by atoms with E-state index < -0.39 is 0 Å². The maximum atomic E-state index is 11.7. The zero-order valence-corrected chi connectivity index (χ0v) is 13.7. The van der Waals surface area contributed by atoms with Crippen LogP contribution in [0.3, 0.4) is 0 Å². The maximum absolute atomic E-state index is 11.7. The van der Waals surface area contributed by atoms with E-state index >= 15 is 0 Å². The van der Waals surface area contributed by atoms with E-state index in [1.54, 1.807) is 6.92 Å². The third-order valence-corrected chi connectivity index (χ3v) is 5.06. The van der Waals surface area contributed by atoms with Crippen LogP contribution in [0.15, 0.2) is 12.4 Å². The summed E-state index contributed by atoms with van der Waals surface area (Å²) >= 11 is 0. The van der Waals surface area contributed by atoms with Crippen LogP contribution in [0.2, 0.25) is 0 Å². The molecular formula is C17H26N4O. The molecule has 0 spiro atoms. The minimum atomic E-state index is 0.113. The van der Waals surface area contributed by atoms with E-state index in [4.69, 9.17) is 4.98 Å². The van der Waals surface area contributed by atoms with Gasteiger partial charge in [-0.1, -0.05) is 12.8 Å². The Kier molecular flexibility index (Phi) is 4.71. The number of rotatable bonds is 4. The van der Waals surface area contributed by atoms with E-state index in [2.05, 4.69) is 16.9 Å². The maximum Gasteiger partial charge on any atom is 0.220 e. The normalized spacial score (nSPS) is 22.7. The molecule has 5 heteroatoms. The molecule has 0 unspecified atom stereocenters. The van der Waals surface area contributed by atoms with Gasteiger partial charge in [0.1, 0.15) is 0 Å². The van der Waals surface area contributed by atoms with E-state index in [1.807, 2.05) is 17.3 Å². The van der Waals surface area contributed by atoms with E-state index in [0.29, 0.717) is 6.04 Å². The van der Waals surface area contributed by atoms with Gasteiger partial charge in [-0.15, -0.1) is 0 Å². The number of likely N-dealkylation sites (tertiary alicyclic amines) is 1. The lowest BCUT2D eigenvalue weighted by atomic mass is 10.1. The Morgan fingerprint density at radius 2 is 2.05 bits per heavy atom. The molecule has 1 amide bonds. The smallest absolute Gasteiger partial charge is 0.220 e. The second-order valence-corrected chi connectivity index (χ2v) is 6.66. The van der Waals surface area contributed by atoms with E-state index in [0.717, 1.165) is 37.3 Å². The summed E-state index contributed by atoms with van der Waals surface area (Å²) in [6.07, 6.45) is 11.0. The van der Waals surface area contributed by atoms with Crippen LogP contribution in [-0.2, 0) is 11.3 Å². The summed E-state index contributed by atoms with van der Waals surface area (Å²) in [4.78, 5) is 25.2. The van der Waals surface area contributed by atoms with Gasteiger partial charge in [0, 0.05) is 32.3 Å². The van der Waals surface area contributed by atoms with Crippen LogP contribution < -0.4 is 0 Å². The molecule has 1 saturated heterocycles. The SMILES string of the molecule is CC(=O)N1CCC[C@H]1c1cncc(CN(C)C2CCCC2)n1. The molecular weight excluding hydrogens is 276 g/mol. The van der Waals surface area contributed by atoms with Gasteiger partial charge in [0.2, 0.25) is 5.91 Å². The Morgan fingerprint density at radius 1 is 1.27 bits per heavy atom. The molecule has 1 aromatic rings. The van der Waals surface area contributed by atoms with Crippen LogP contribution in [0.4, 0.5) is 0 Å². The molecule has 0 radical (unpaired) electrons. The molecule has 0 aromatic carbocycles. The highest BCUT2D eigenvalue weighted by molar-refractivity contribution is 5.74. The average Bonchev–Trinajstić information content (AvgIpc) is 3.19. The average molecular weight is 302 g/mol. The van der Waals surface area contributed by atoms with Gasteiger partial charge < -0.3 is 4.90 Å². The molecule has 1 saturated carbocycles. The van der Waals surface area contributed by atoms with Crippen LogP contribution >= 0.6 is 0 Å². The Labute approximate surface area is 132 Å². The number of amides is 1. The van der Waals surface area contributed by atoms with Gasteiger partial charge in [0.25, 0.3) is 0 Å². The Bertz CT molecular complexity index is 527. The van der Waals surface area contributed by atoms with Crippen molar-refractivity contribution in [3.63, 3.8) is 0 Å². The summed E-state index contributed by atoms with van der Waals surface area (Å²) in [7, 11) is 2.18. The molecule has 2 aliphatic rings. The van der Waals surface area contributed by atoms with Crippen molar-refractivity contribution in [2.45, 2.75) is 64.1 Å². The number of hydrogen-bond acceptors (Lipinski definition) is 4. The Morgan fingerprint density at radius 3 is 2.77 bits per heavy atom. The zero-order chi connectivity index (χ0) is 15.5. The van der Waals surface area contributed by atoms with E-state index in [1.165, 1.54) is 25.7 Å². The molecule has 5 nitrogen and oxygen atoms in total. The molecule has 2 fully saturated rings. The van der Waals surface area contributed by atoms with Gasteiger partial charge >= 0.3 is 0 Å². The van der Waals surface area contributed by atoms with Crippen molar-refractivity contribution in [3.8, 4) is 0 Å².